The lowest BCUT2D eigenvalue weighted by molar-refractivity contribution is -0.123. The van der Waals surface area contributed by atoms with Crippen LogP contribution in [-0.2, 0) is 14.3 Å². The van der Waals surface area contributed by atoms with Gasteiger partial charge in [0, 0.05) is 7.11 Å². The van der Waals surface area contributed by atoms with Crippen LogP contribution >= 0.6 is 11.6 Å². The van der Waals surface area contributed by atoms with Gasteiger partial charge in [0.1, 0.15) is 6.61 Å². The minimum absolute atomic E-state index is 0.171. The van der Waals surface area contributed by atoms with Crippen molar-refractivity contribution >= 4 is 29.1 Å². The van der Waals surface area contributed by atoms with E-state index in [9.17, 15) is 9.59 Å². The van der Waals surface area contributed by atoms with Crippen molar-refractivity contribution < 1.29 is 19.1 Å². The van der Waals surface area contributed by atoms with Gasteiger partial charge in [-0.1, -0.05) is 17.7 Å². The van der Waals surface area contributed by atoms with Gasteiger partial charge >= 0.3 is 0 Å². The lowest BCUT2D eigenvalue weighted by Crippen LogP contribution is -2.36. The molecule has 0 heterocycles. The molecule has 0 aliphatic rings. The smallest absolute Gasteiger partial charge is 0.243 e. The highest BCUT2D eigenvalue weighted by Gasteiger charge is 2.12. The Balaban J connectivity index is 2.66. The van der Waals surface area contributed by atoms with Crippen LogP contribution in [0.2, 0.25) is 5.02 Å². The van der Waals surface area contributed by atoms with Crippen LogP contribution in [0.25, 0.3) is 0 Å². The quantitative estimate of drug-likeness (QED) is 0.602. The number of carbonyl (C=O) groups is 2. The molecule has 0 spiro atoms. The molecule has 1 aromatic rings. The summed E-state index contributed by atoms with van der Waals surface area (Å²) in [6, 6.07) is 4.98. The molecule has 0 aromatic heterocycles. The van der Waals surface area contributed by atoms with E-state index in [0.717, 1.165) is 0 Å². The van der Waals surface area contributed by atoms with E-state index >= 15 is 0 Å². The number of rotatable bonds is 8. The van der Waals surface area contributed by atoms with Gasteiger partial charge in [-0.25, -0.2) is 0 Å². The third-order valence-electron chi connectivity index (χ3n) is 2.41. The molecule has 1 rings (SSSR count). The predicted molar refractivity (Wildman–Crippen MR) is 79.5 cm³/mol. The Morgan fingerprint density at radius 3 is 2.71 bits per heavy atom. The molecular weight excluding hydrogens is 298 g/mol. The van der Waals surface area contributed by atoms with E-state index in [2.05, 4.69) is 10.6 Å². The van der Waals surface area contributed by atoms with Gasteiger partial charge < -0.3 is 25.8 Å². The number of para-hydroxylation sites is 1. The molecule has 0 saturated carbocycles. The van der Waals surface area contributed by atoms with Crippen molar-refractivity contribution in [3.63, 3.8) is 0 Å². The second-order valence-electron chi connectivity index (χ2n) is 3.99. The van der Waals surface area contributed by atoms with E-state index in [1.165, 1.54) is 0 Å². The molecule has 8 heteroatoms. The molecule has 0 atom stereocenters. The second kappa shape index (κ2) is 9.17. The third-order valence-corrected chi connectivity index (χ3v) is 2.70. The molecule has 0 unspecified atom stereocenters. The zero-order valence-corrected chi connectivity index (χ0v) is 12.4. The van der Waals surface area contributed by atoms with Crippen LogP contribution in [0.4, 0.5) is 5.69 Å². The van der Waals surface area contributed by atoms with E-state index in [0.29, 0.717) is 29.7 Å². The molecule has 0 bridgehead atoms. The molecule has 21 heavy (non-hydrogen) atoms. The van der Waals surface area contributed by atoms with Crippen molar-refractivity contribution in [1.29, 1.82) is 0 Å². The van der Waals surface area contributed by atoms with Crippen LogP contribution < -0.4 is 21.1 Å². The van der Waals surface area contributed by atoms with E-state index in [-0.39, 0.29) is 13.1 Å². The molecule has 0 radical (unpaired) electrons. The molecule has 1 aromatic carbocycles. The Kier molecular flexibility index (Phi) is 7.52. The van der Waals surface area contributed by atoms with Gasteiger partial charge in [-0.2, -0.15) is 0 Å². The maximum Gasteiger partial charge on any atom is 0.243 e. The first-order valence-corrected chi connectivity index (χ1v) is 6.63. The number of ether oxygens (including phenoxy) is 2. The first kappa shape index (κ1) is 17.2. The Morgan fingerprint density at radius 1 is 1.29 bits per heavy atom. The summed E-state index contributed by atoms with van der Waals surface area (Å²) in [6.07, 6.45) is 0. The Morgan fingerprint density at radius 2 is 2.05 bits per heavy atom. The lowest BCUT2D eigenvalue weighted by atomic mass is 10.3. The van der Waals surface area contributed by atoms with Crippen molar-refractivity contribution in [3.8, 4) is 5.75 Å². The number of hydrogen-bond donors (Lipinski definition) is 3. The Hall–Kier alpha value is -1.83. The molecule has 0 saturated heterocycles. The highest BCUT2D eigenvalue weighted by Crippen LogP contribution is 2.32. The van der Waals surface area contributed by atoms with Gasteiger partial charge in [-0.15, -0.1) is 0 Å². The SMILES string of the molecule is COCCOc1c(Cl)cccc1NC(=O)CNC(=O)CN. The summed E-state index contributed by atoms with van der Waals surface area (Å²) in [4.78, 5) is 22.7. The third kappa shape index (κ3) is 5.99. The maximum atomic E-state index is 11.7. The van der Waals surface area contributed by atoms with Crippen LogP contribution in [0.15, 0.2) is 18.2 Å². The highest BCUT2D eigenvalue weighted by molar-refractivity contribution is 6.32. The first-order chi connectivity index (χ1) is 10.1. The predicted octanol–water partition coefficient (Wildman–Crippen LogP) is 0.379. The van der Waals surface area contributed by atoms with Crippen LogP contribution in [0.5, 0.6) is 5.75 Å². The van der Waals surface area contributed by atoms with E-state index in [1.807, 2.05) is 0 Å². The maximum absolute atomic E-state index is 11.7. The lowest BCUT2D eigenvalue weighted by Gasteiger charge is -2.14. The largest absolute Gasteiger partial charge is 0.487 e. The van der Waals surface area contributed by atoms with Crippen LogP contribution in [0, 0.1) is 0 Å². The fourth-order valence-corrected chi connectivity index (χ4v) is 1.66. The molecule has 0 aliphatic carbocycles. The topological polar surface area (TPSA) is 103 Å². The number of nitrogens with one attached hydrogen (secondary N) is 2. The number of halogens is 1. The Bertz CT molecular complexity index is 496. The fraction of sp³-hybridized carbons (Fsp3) is 0.385. The molecule has 0 fully saturated rings. The van der Waals surface area contributed by atoms with Gasteiger partial charge in [0.15, 0.2) is 5.75 Å². The van der Waals surface area contributed by atoms with Crippen molar-refractivity contribution in [3.05, 3.63) is 23.2 Å². The van der Waals surface area contributed by atoms with E-state index in [4.69, 9.17) is 26.8 Å². The van der Waals surface area contributed by atoms with Gasteiger partial charge in [-0.3, -0.25) is 9.59 Å². The average molecular weight is 316 g/mol. The molecule has 4 N–H and O–H groups in total. The minimum atomic E-state index is -0.409. The molecule has 0 aliphatic heterocycles. The van der Waals surface area contributed by atoms with Crippen LogP contribution in [0.1, 0.15) is 0 Å². The van der Waals surface area contributed by atoms with Gasteiger partial charge in [0.2, 0.25) is 11.8 Å². The number of methoxy groups -OCH3 is 1. The summed E-state index contributed by atoms with van der Waals surface area (Å²) in [5.74, 6) is -0.460. The monoisotopic (exact) mass is 315 g/mol. The van der Waals surface area contributed by atoms with E-state index in [1.54, 1.807) is 25.3 Å². The molecule has 116 valence electrons. The van der Waals surface area contributed by atoms with Crippen molar-refractivity contribution in [2.75, 3.05) is 38.7 Å². The zero-order valence-electron chi connectivity index (χ0n) is 11.6. The normalized spacial score (nSPS) is 10.0. The number of carbonyl (C=O) groups excluding carboxylic acids is 2. The van der Waals surface area contributed by atoms with Gasteiger partial charge in [-0.05, 0) is 12.1 Å². The van der Waals surface area contributed by atoms with Gasteiger partial charge in [0.05, 0.1) is 30.4 Å². The number of nitrogens with two attached hydrogens (primary N) is 1. The number of anilines is 1. The highest BCUT2D eigenvalue weighted by atomic mass is 35.5. The summed E-state index contributed by atoms with van der Waals surface area (Å²) in [5, 5.41) is 5.35. The Labute approximate surface area is 127 Å². The number of amides is 2. The molecule has 2 amide bonds. The number of hydrogen-bond acceptors (Lipinski definition) is 5. The summed E-state index contributed by atoms with van der Waals surface area (Å²) >= 11 is 6.04. The summed E-state index contributed by atoms with van der Waals surface area (Å²) in [5.41, 5.74) is 5.55. The van der Waals surface area contributed by atoms with Crippen LogP contribution in [0.3, 0.4) is 0 Å². The zero-order chi connectivity index (χ0) is 15.7. The van der Waals surface area contributed by atoms with Crippen molar-refractivity contribution in [2.45, 2.75) is 0 Å². The molecular formula is C13H18ClN3O4. The van der Waals surface area contributed by atoms with Gasteiger partial charge in [0.25, 0.3) is 0 Å². The first-order valence-electron chi connectivity index (χ1n) is 6.25. The van der Waals surface area contributed by atoms with E-state index < -0.39 is 11.8 Å². The second-order valence-corrected chi connectivity index (χ2v) is 4.39. The fourth-order valence-electron chi connectivity index (χ4n) is 1.43. The average Bonchev–Trinajstić information content (AvgIpc) is 2.47. The summed E-state index contributed by atoms with van der Waals surface area (Å²) < 4.78 is 10.4. The summed E-state index contributed by atoms with van der Waals surface area (Å²) in [7, 11) is 1.55. The van der Waals surface area contributed by atoms with Crippen LogP contribution in [-0.4, -0.2) is 45.2 Å². The number of benzene rings is 1. The standard InChI is InChI=1S/C13H18ClN3O4/c1-20-5-6-21-13-9(14)3-2-4-10(13)17-12(19)8-16-11(18)7-15/h2-4H,5-8,15H2,1H3,(H,16,18)(H,17,19). The minimum Gasteiger partial charge on any atom is -0.487 e. The molecule has 7 nitrogen and oxygen atoms in total. The van der Waals surface area contributed by atoms with Crippen molar-refractivity contribution in [1.82, 2.24) is 5.32 Å². The van der Waals surface area contributed by atoms with Crippen molar-refractivity contribution in [2.24, 2.45) is 5.73 Å². The summed E-state index contributed by atoms with van der Waals surface area (Å²) in [6.45, 7) is 0.341.